The summed E-state index contributed by atoms with van der Waals surface area (Å²) in [6, 6.07) is 11.1. The Morgan fingerprint density at radius 2 is 1.81 bits per heavy atom. The van der Waals surface area contributed by atoms with Crippen LogP contribution in [0.25, 0.3) is 10.9 Å². The zero-order chi connectivity index (χ0) is 22.1. The number of carboxylic acids is 1. The monoisotopic (exact) mass is 442 g/mol. The molecule has 1 N–H and O–H groups in total. The zero-order valence-electron chi connectivity index (χ0n) is 17.3. The van der Waals surface area contributed by atoms with Gasteiger partial charge >= 0.3 is 5.97 Å². The van der Waals surface area contributed by atoms with Gasteiger partial charge < -0.3 is 14.6 Å². The number of hydrogen-bond donors (Lipinski definition) is 1. The second kappa shape index (κ2) is 8.70. The number of ether oxygens (including phenoxy) is 2. The summed E-state index contributed by atoms with van der Waals surface area (Å²) in [7, 11) is 1.56. The van der Waals surface area contributed by atoms with E-state index in [-0.39, 0.29) is 5.91 Å². The Morgan fingerprint density at radius 1 is 1.13 bits per heavy atom. The van der Waals surface area contributed by atoms with E-state index < -0.39 is 12.0 Å². The largest absolute Gasteiger partial charge is 0.497 e. The van der Waals surface area contributed by atoms with Gasteiger partial charge in [0.15, 0.2) is 0 Å². The minimum absolute atomic E-state index is 0.248. The quantitative estimate of drug-likeness (QED) is 0.648. The summed E-state index contributed by atoms with van der Waals surface area (Å²) in [6.45, 7) is 3.71. The Kier molecular flexibility index (Phi) is 6.00. The Balaban J connectivity index is 1.94. The third kappa shape index (κ3) is 3.92. The summed E-state index contributed by atoms with van der Waals surface area (Å²) < 4.78 is 12.4. The number of benzene rings is 2. The number of fused-ring (bicyclic) bond motifs is 1. The van der Waals surface area contributed by atoms with Crippen molar-refractivity contribution >= 4 is 34.4 Å². The van der Waals surface area contributed by atoms with E-state index in [4.69, 9.17) is 21.1 Å². The van der Waals surface area contributed by atoms with Crippen molar-refractivity contribution in [2.45, 2.75) is 13.0 Å². The van der Waals surface area contributed by atoms with Gasteiger partial charge in [-0.05, 0) is 49.4 Å². The Hall–Kier alpha value is -2.87. The van der Waals surface area contributed by atoms with E-state index in [9.17, 15) is 14.7 Å². The molecule has 0 radical (unpaired) electrons. The summed E-state index contributed by atoms with van der Waals surface area (Å²) in [5.41, 5.74) is 2.27. The minimum atomic E-state index is -0.967. The van der Waals surface area contributed by atoms with Crippen molar-refractivity contribution in [1.82, 2.24) is 9.47 Å². The molecular formula is C23H23ClN2O5. The average molecular weight is 443 g/mol. The fourth-order valence-electron chi connectivity index (χ4n) is 4.18. The lowest BCUT2D eigenvalue weighted by Gasteiger charge is -2.32. The number of hydrogen-bond acceptors (Lipinski definition) is 5. The molecule has 2 heterocycles. The van der Waals surface area contributed by atoms with Crippen molar-refractivity contribution in [1.29, 1.82) is 0 Å². The molecule has 1 aromatic heterocycles. The average Bonchev–Trinajstić information content (AvgIpc) is 3.05. The highest BCUT2D eigenvalue weighted by Gasteiger charge is 2.34. The van der Waals surface area contributed by atoms with Crippen LogP contribution in [0.1, 0.15) is 27.7 Å². The van der Waals surface area contributed by atoms with E-state index in [0.717, 1.165) is 0 Å². The molecule has 0 bridgehead atoms. The van der Waals surface area contributed by atoms with Crippen LogP contribution in [0.15, 0.2) is 42.5 Å². The number of carbonyl (C=O) groups excluding carboxylic acids is 1. The van der Waals surface area contributed by atoms with Crippen LogP contribution in [0.2, 0.25) is 5.02 Å². The van der Waals surface area contributed by atoms with Crippen molar-refractivity contribution in [3.63, 3.8) is 0 Å². The molecule has 3 aromatic rings. The molecule has 0 amide bonds. The highest BCUT2D eigenvalue weighted by molar-refractivity contribution is 6.30. The molecule has 1 unspecified atom stereocenters. The summed E-state index contributed by atoms with van der Waals surface area (Å²) in [6.07, 6.45) is 0. The van der Waals surface area contributed by atoms with Crippen molar-refractivity contribution in [2.75, 3.05) is 33.4 Å². The highest BCUT2D eigenvalue weighted by Crippen LogP contribution is 2.37. The van der Waals surface area contributed by atoms with Crippen molar-refractivity contribution in [3.05, 3.63) is 64.3 Å². The van der Waals surface area contributed by atoms with Crippen LogP contribution >= 0.6 is 11.6 Å². The molecule has 7 nitrogen and oxygen atoms in total. The molecule has 0 spiro atoms. The first-order valence-electron chi connectivity index (χ1n) is 9.96. The van der Waals surface area contributed by atoms with E-state index >= 15 is 0 Å². The topological polar surface area (TPSA) is 81.0 Å². The van der Waals surface area contributed by atoms with Crippen LogP contribution in [0, 0.1) is 6.92 Å². The molecule has 31 heavy (non-hydrogen) atoms. The molecule has 1 saturated heterocycles. The molecule has 1 fully saturated rings. The van der Waals surface area contributed by atoms with Gasteiger partial charge in [0.1, 0.15) is 11.8 Å². The molecule has 1 atom stereocenters. The number of carboxylic acid groups (broad SMARTS) is 1. The van der Waals surface area contributed by atoms with Gasteiger partial charge in [0.05, 0.1) is 25.8 Å². The minimum Gasteiger partial charge on any atom is -0.497 e. The molecule has 162 valence electrons. The van der Waals surface area contributed by atoms with E-state index in [1.165, 1.54) is 0 Å². The number of nitrogens with zero attached hydrogens (tertiary/aromatic N) is 2. The molecule has 1 aliphatic rings. The van der Waals surface area contributed by atoms with Crippen LogP contribution in [-0.2, 0) is 9.53 Å². The van der Waals surface area contributed by atoms with Gasteiger partial charge in [-0.3, -0.25) is 19.1 Å². The van der Waals surface area contributed by atoms with Gasteiger partial charge in [0.25, 0.3) is 5.91 Å². The number of aromatic nitrogens is 1. The Labute approximate surface area is 184 Å². The fraction of sp³-hybridized carbons (Fsp3) is 0.304. The summed E-state index contributed by atoms with van der Waals surface area (Å²) in [5.74, 6) is -0.622. The van der Waals surface area contributed by atoms with Gasteiger partial charge in [0, 0.05) is 40.3 Å². The maximum atomic E-state index is 13.4. The van der Waals surface area contributed by atoms with E-state index in [1.54, 1.807) is 61.1 Å². The number of methoxy groups -OCH3 is 1. The lowest BCUT2D eigenvalue weighted by molar-refractivity contribution is -0.145. The van der Waals surface area contributed by atoms with E-state index in [1.807, 2.05) is 4.90 Å². The lowest BCUT2D eigenvalue weighted by atomic mass is 10.0. The number of morpholine rings is 1. The van der Waals surface area contributed by atoms with Crippen molar-refractivity contribution in [3.8, 4) is 5.75 Å². The second-order valence-corrected chi connectivity index (χ2v) is 7.86. The van der Waals surface area contributed by atoms with Gasteiger partial charge in [-0.25, -0.2) is 0 Å². The normalized spacial score (nSPS) is 15.7. The number of carbonyl (C=O) groups is 2. The Bertz CT molecular complexity index is 1130. The third-order valence-electron chi connectivity index (χ3n) is 5.67. The third-order valence-corrected chi connectivity index (χ3v) is 5.92. The number of halogens is 1. The van der Waals surface area contributed by atoms with Gasteiger partial charge in [0.2, 0.25) is 0 Å². The molecule has 1 aliphatic heterocycles. The van der Waals surface area contributed by atoms with Crippen LogP contribution in [0.4, 0.5) is 0 Å². The van der Waals surface area contributed by atoms with Crippen molar-refractivity contribution in [2.24, 2.45) is 0 Å². The zero-order valence-corrected chi connectivity index (χ0v) is 18.1. The maximum Gasteiger partial charge on any atom is 0.325 e. The molecule has 2 aromatic carbocycles. The molecular weight excluding hydrogens is 420 g/mol. The maximum absolute atomic E-state index is 13.4. The van der Waals surface area contributed by atoms with Gasteiger partial charge in [-0.2, -0.15) is 0 Å². The summed E-state index contributed by atoms with van der Waals surface area (Å²) >= 11 is 5.98. The molecule has 4 rings (SSSR count). The first-order valence-corrected chi connectivity index (χ1v) is 10.3. The molecule has 0 saturated carbocycles. The van der Waals surface area contributed by atoms with Crippen LogP contribution in [-0.4, -0.2) is 59.9 Å². The smallest absolute Gasteiger partial charge is 0.325 e. The SMILES string of the molecule is COc1ccc2c(c1)c(C(C(=O)O)N1CCOCC1)c(C)n2C(=O)c1ccc(Cl)cc1. The highest BCUT2D eigenvalue weighted by atomic mass is 35.5. The van der Waals surface area contributed by atoms with Crippen LogP contribution in [0.3, 0.4) is 0 Å². The molecule has 0 aliphatic carbocycles. The van der Waals surface area contributed by atoms with Crippen LogP contribution < -0.4 is 4.74 Å². The lowest BCUT2D eigenvalue weighted by Crippen LogP contribution is -2.42. The van der Waals surface area contributed by atoms with E-state index in [0.29, 0.717) is 64.8 Å². The van der Waals surface area contributed by atoms with Gasteiger partial charge in [-0.15, -0.1) is 0 Å². The first-order chi connectivity index (χ1) is 14.9. The summed E-state index contributed by atoms with van der Waals surface area (Å²) in [4.78, 5) is 27.7. The fourth-order valence-corrected chi connectivity index (χ4v) is 4.30. The standard InChI is InChI=1S/C23H23ClN2O5/c1-14-20(21(23(28)29)25-9-11-31-12-10-25)18-13-17(30-2)7-8-19(18)26(14)22(27)15-3-5-16(24)6-4-15/h3-8,13,21H,9-12H2,1-2H3,(H,28,29). The first kappa shape index (κ1) is 21.4. The molecule has 8 heteroatoms. The predicted molar refractivity (Wildman–Crippen MR) is 117 cm³/mol. The van der Waals surface area contributed by atoms with E-state index in [2.05, 4.69) is 0 Å². The Morgan fingerprint density at radius 3 is 2.42 bits per heavy atom. The number of aliphatic carboxylic acids is 1. The van der Waals surface area contributed by atoms with Crippen molar-refractivity contribution < 1.29 is 24.2 Å². The van der Waals surface area contributed by atoms with Gasteiger partial charge in [-0.1, -0.05) is 11.6 Å². The number of rotatable bonds is 5. The van der Waals surface area contributed by atoms with Crippen LogP contribution in [0.5, 0.6) is 5.75 Å². The predicted octanol–water partition coefficient (Wildman–Crippen LogP) is 3.76. The summed E-state index contributed by atoms with van der Waals surface area (Å²) in [5, 5.41) is 11.4. The second-order valence-electron chi connectivity index (χ2n) is 7.42.